The van der Waals surface area contributed by atoms with E-state index in [0.29, 0.717) is 17.5 Å². The molecule has 2 aliphatic carbocycles. The van der Waals surface area contributed by atoms with E-state index in [1.807, 2.05) is 30.5 Å². The van der Waals surface area contributed by atoms with Gasteiger partial charge in [0.15, 0.2) is 17.5 Å². The van der Waals surface area contributed by atoms with Crippen molar-refractivity contribution in [2.45, 2.75) is 5.41 Å². The number of hydrogen-bond donors (Lipinski definition) is 0. The molecule has 1 atom stereocenters. The van der Waals surface area contributed by atoms with Crippen LogP contribution in [0.15, 0.2) is 207 Å². The molecule has 4 heteroatoms. The average molecular weight is 801 g/mol. The minimum absolute atomic E-state index is 0.619. The van der Waals surface area contributed by atoms with Gasteiger partial charge in [-0.25, -0.2) is 15.0 Å². The Morgan fingerprint density at radius 2 is 0.825 bits per heavy atom. The zero-order chi connectivity index (χ0) is 41.5. The molecule has 292 valence electrons. The van der Waals surface area contributed by atoms with Gasteiger partial charge in [-0.15, -0.1) is 0 Å². The van der Waals surface area contributed by atoms with Gasteiger partial charge in [0.25, 0.3) is 0 Å². The molecule has 0 amide bonds. The first-order valence-corrected chi connectivity index (χ1v) is 21.4. The Morgan fingerprint density at radius 3 is 1.52 bits per heavy atom. The molecule has 0 bridgehead atoms. The van der Waals surface area contributed by atoms with Crippen LogP contribution >= 0.6 is 0 Å². The van der Waals surface area contributed by atoms with Gasteiger partial charge in [-0.05, 0) is 112 Å². The monoisotopic (exact) mass is 800 g/mol. The van der Waals surface area contributed by atoms with Crippen molar-refractivity contribution < 1.29 is 0 Å². The molecule has 2 aliphatic rings. The van der Waals surface area contributed by atoms with Crippen LogP contribution in [-0.4, -0.2) is 19.9 Å². The molecule has 11 aromatic rings. The summed E-state index contributed by atoms with van der Waals surface area (Å²) in [5, 5.41) is 7.59. The zero-order valence-corrected chi connectivity index (χ0v) is 34.1. The van der Waals surface area contributed by atoms with E-state index in [-0.39, 0.29) is 0 Å². The van der Waals surface area contributed by atoms with E-state index < -0.39 is 5.41 Å². The van der Waals surface area contributed by atoms with Gasteiger partial charge < -0.3 is 0 Å². The fourth-order valence-electron chi connectivity index (χ4n) is 10.4. The summed E-state index contributed by atoms with van der Waals surface area (Å²) in [5.74, 6) is 1.87. The Kier molecular flexibility index (Phi) is 7.79. The van der Waals surface area contributed by atoms with Crippen LogP contribution in [0.1, 0.15) is 33.4 Å². The summed E-state index contributed by atoms with van der Waals surface area (Å²) in [6.07, 6.45) is 8.26. The first-order valence-electron chi connectivity index (χ1n) is 21.4. The zero-order valence-electron chi connectivity index (χ0n) is 34.1. The van der Waals surface area contributed by atoms with Gasteiger partial charge in [-0.3, -0.25) is 4.98 Å². The fourth-order valence-corrected chi connectivity index (χ4v) is 10.4. The Bertz CT molecular complexity index is 3670. The number of fused-ring (bicyclic) bond motifs is 15. The van der Waals surface area contributed by atoms with Crippen LogP contribution in [0.4, 0.5) is 0 Å². The van der Waals surface area contributed by atoms with Gasteiger partial charge in [0.1, 0.15) is 0 Å². The smallest absolute Gasteiger partial charge is 0.164 e. The normalized spacial score (nSPS) is 14.7. The van der Waals surface area contributed by atoms with Crippen LogP contribution < -0.4 is 0 Å². The molecule has 63 heavy (non-hydrogen) atoms. The number of aromatic nitrogens is 4. The van der Waals surface area contributed by atoms with Crippen LogP contribution in [-0.2, 0) is 5.41 Å². The first-order chi connectivity index (χ1) is 31.2. The quantitative estimate of drug-likeness (QED) is 0.166. The average Bonchev–Trinajstić information content (AvgIpc) is 3.56. The van der Waals surface area contributed by atoms with E-state index in [0.717, 1.165) is 33.4 Å². The van der Waals surface area contributed by atoms with Gasteiger partial charge in [-0.2, -0.15) is 0 Å². The lowest BCUT2D eigenvalue weighted by atomic mass is 9.65. The molecule has 1 unspecified atom stereocenters. The van der Waals surface area contributed by atoms with Crippen molar-refractivity contribution in [1.29, 1.82) is 0 Å². The van der Waals surface area contributed by atoms with E-state index >= 15 is 0 Å². The second kappa shape index (κ2) is 13.8. The lowest BCUT2D eigenvalue weighted by Crippen LogP contribution is -2.30. The second-order valence-electron chi connectivity index (χ2n) is 16.5. The summed E-state index contributed by atoms with van der Waals surface area (Å²) in [5.41, 5.74) is 14.1. The van der Waals surface area contributed by atoms with E-state index in [1.54, 1.807) is 6.20 Å². The Hall–Kier alpha value is -8.34. The van der Waals surface area contributed by atoms with Crippen molar-refractivity contribution in [2.75, 3.05) is 0 Å². The number of benzene rings is 9. The molecular formula is C59H36N4. The van der Waals surface area contributed by atoms with Gasteiger partial charge >= 0.3 is 0 Å². The molecule has 2 heterocycles. The molecule has 0 N–H and O–H groups in total. The summed E-state index contributed by atoms with van der Waals surface area (Å²) >= 11 is 0. The van der Waals surface area contributed by atoms with Crippen molar-refractivity contribution in [3.8, 4) is 56.4 Å². The highest BCUT2D eigenvalue weighted by molar-refractivity contribution is 6.26. The Labute approximate surface area is 364 Å². The molecule has 0 aliphatic heterocycles. The SMILES string of the molecule is C1=Cc2ccc(-c3nc(-c4ccccc4)nc(-c4ccc(-c5cccnc5)cc4)n3)cc2C2(c3ccccc31)c1ccccc1-c1cc3c4ccccc4c4ccccc4c3cc12. The van der Waals surface area contributed by atoms with Crippen LogP contribution in [0, 0.1) is 0 Å². The predicted octanol–water partition coefficient (Wildman–Crippen LogP) is 14.2. The van der Waals surface area contributed by atoms with Crippen LogP contribution in [0.2, 0.25) is 0 Å². The molecule has 0 saturated heterocycles. The van der Waals surface area contributed by atoms with Gasteiger partial charge in [0.05, 0.1) is 5.41 Å². The van der Waals surface area contributed by atoms with Crippen LogP contribution in [0.25, 0.3) is 101 Å². The third-order valence-corrected chi connectivity index (χ3v) is 13.2. The molecular weight excluding hydrogens is 765 g/mol. The predicted molar refractivity (Wildman–Crippen MR) is 258 cm³/mol. The number of nitrogens with zero attached hydrogens (tertiary/aromatic N) is 4. The summed E-state index contributed by atoms with van der Waals surface area (Å²) in [6.45, 7) is 0. The third-order valence-electron chi connectivity index (χ3n) is 13.2. The van der Waals surface area contributed by atoms with E-state index in [2.05, 4.69) is 187 Å². The molecule has 9 aromatic carbocycles. The summed E-state index contributed by atoms with van der Waals surface area (Å²) in [6, 6.07) is 70.1. The summed E-state index contributed by atoms with van der Waals surface area (Å²) in [7, 11) is 0. The molecule has 4 nitrogen and oxygen atoms in total. The number of hydrogen-bond acceptors (Lipinski definition) is 4. The summed E-state index contributed by atoms with van der Waals surface area (Å²) in [4.78, 5) is 19.9. The highest BCUT2D eigenvalue weighted by Gasteiger charge is 2.49. The maximum atomic E-state index is 5.27. The molecule has 13 rings (SSSR count). The maximum absolute atomic E-state index is 5.27. The van der Waals surface area contributed by atoms with Gasteiger partial charge in [0, 0.05) is 29.1 Å². The molecule has 2 aromatic heterocycles. The van der Waals surface area contributed by atoms with E-state index in [4.69, 9.17) is 15.0 Å². The van der Waals surface area contributed by atoms with E-state index in [1.165, 1.54) is 71.3 Å². The van der Waals surface area contributed by atoms with E-state index in [9.17, 15) is 0 Å². The summed E-state index contributed by atoms with van der Waals surface area (Å²) < 4.78 is 0. The third kappa shape index (κ3) is 5.35. The standard InChI is InChI=1S/C59H36N4/c1-2-14-40(15-3-1)56-61-57(41-29-24-37(25-30-41)43-16-12-32-60-36-43)63-58(62-56)42-31-28-39-27-26-38-13-4-10-22-52(38)59(54(39)33-42)53-23-11-9-21-48(53)51-34-49-46-19-7-5-17-44(46)45-18-6-8-20-47(45)50(49)35-55(51)59/h1-36H. The second-order valence-corrected chi connectivity index (χ2v) is 16.5. The maximum Gasteiger partial charge on any atom is 0.164 e. The van der Waals surface area contributed by atoms with Crippen molar-refractivity contribution >= 4 is 44.5 Å². The first kappa shape index (κ1) is 35.4. The Balaban J connectivity index is 1.08. The van der Waals surface area contributed by atoms with Crippen LogP contribution in [0.5, 0.6) is 0 Å². The number of rotatable bonds is 4. The van der Waals surface area contributed by atoms with Gasteiger partial charge in [-0.1, -0.05) is 182 Å². The minimum atomic E-state index is -0.654. The highest BCUT2D eigenvalue weighted by Crippen LogP contribution is 2.60. The largest absolute Gasteiger partial charge is 0.264 e. The van der Waals surface area contributed by atoms with Crippen molar-refractivity contribution in [3.05, 3.63) is 240 Å². The van der Waals surface area contributed by atoms with Gasteiger partial charge in [0.2, 0.25) is 0 Å². The Morgan fingerprint density at radius 1 is 0.302 bits per heavy atom. The lowest BCUT2D eigenvalue weighted by molar-refractivity contribution is 0.767. The number of pyridine rings is 1. The highest BCUT2D eigenvalue weighted by atomic mass is 15.0. The lowest BCUT2D eigenvalue weighted by Gasteiger charge is -2.35. The van der Waals surface area contributed by atoms with Crippen LogP contribution in [0.3, 0.4) is 0 Å². The molecule has 1 spiro atoms. The minimum Gasteiger partial charge on any atom is -0.264 e. The topological polar surface area (TPSA) is 51.6 Å². The fraction of sp³-hybridized carbons (Fsp3) is 0.0169. The molecule has 0 fully saturated rings. The van der Waals surface area contributed by atoms with Crippen molar-refractivity contribution in [2.24, 2.45) is 0 Å². The molecule has 0 radical (unpaired) electrons. The van der Waals surface area contributed by atoms with Crippen molar-refractivity contribution in [1.82, 2.24) is 19.9 Å². The van der Waals surface area contributed by atoms with Crippen molar-refractivity contribution in [3.63, 3.8) is 0 Å². The molecule has 0 saturated carbocycles.